The van der Waals surface area contributed by atoms with Crippen molar-refractivity contribution in [3.8, 4) is 5.75 Å². The fraction of sp³-hybridized carbons (Fsp3) is 0.222. The summed E-state index contributed by atoms with van der Waals surface area (Å²) < 4.78 is 10.5. The van der Waals surface area contributed by atoms with Crippen LogP contribution in [-0.2, 0) is 11.3 Å². The van der Waals surface area contributed by atoms with Gasteiger partial charge in [-0.25, -0.2) is 4.99 Å². The van der Waals surface area contributed by atoms with E-state index in [1.54, 1.807) is 31.4 Å². The number of hydrogen-bond donors (Lipinski definition) is 1. The molecule has 120 valence electrons. The molecule has 2 rings (SSSR count). The predicted molar refractivity (Wildman–Crippen MR) is 89.7 cm³/mol. The first-order valence-corrected chi connectivity index (χ1v) is 7.39. The number of nitrogens with zero attached hydrogens (tertiary/aromatic N) is 1. The average molecular weight is 312 g/mol. The van der Waals surface area contributed by atoms with Gasteiger partial charge in [0, 0.05) is 5.56 Å². The zero-order valence-electron chi connectivity index (χ0n) is 13.3. The maximum absolute atomic E-state index is 12.3. The van der Waals surface area contributed by atoms with E-state index in [4.69, 9.17) is 9.47 Å². The molecule has 2 aromatic carbocycles. The van der Waals surface area contributed by atoms with Crippen molar-refractivity contribution < 1.29 is 14.3 Å². The van der Waals surface area contributed by atoms with Crippen LogP contribution >= 0.6 is 0 Å². The fourth-order valence-corrected chi connectivity index (χ4v) is 1.94. The molecule has 0 aliphatic rings. The molecule has 1 amide bonds. The molecular formula is C18H20N2O3. The molecule has 2 aromatic rings. The van der Waals surface area contributed by atoms with Gasteiger partial charge >= 0.3 is 0 Å². The highest BCUT2D eigenvalue weighted by atomic mass is 16.5. The number of carbonyl (C=O) groups excluding carboxylic acids is 1. The molecule has 0 saturated heterocycles. The molecule has 0 spiro atoms. The van der Waals surface area contributed by atoms with Crippen LogP contribution in [-0.4, -0.2) is 25.6 Å². The monoisotopic (exact) mass is 312 g/mol. The Morgan fingerprint density at radius 1 is 1.13 bits per heavy atom. The van der Waals surface area contributed by atoms with E-state index < -0.39 is 0 Å². The highest BCUT2D eigenvalue weighted by molar-refractivity contribution is 6.04. The number of carbonyl (C=O) groups is 1. The van der Waals surface area contributed by atoms with Crippen LogP contribution in [0.15, 0.2) is 59.6 Å². The number of amides is 1. The zero-order chi connectivity index (χ0) is 16.5. The van der Waals surface area contributed by atoms with Crippen LogP contribution in [0, 0.1) is 0 Å². The molecular weight excluding hydrogens is 292 g/mol. The van der Waals surface area contributed by atoms with Gasteiger partial charge in [-0.15, -0.1) is 0 Å². The van der Waals surface area contributed by atoms with Crippen molar-refractivity contribution in [1.82, 2.24) is 5.32 Å². The van der Waals surface area contributed by atoms with Crippen LogP contribution in [0.25, 0.3) is 0 Å². The van der Waals surface area contributed by atoms with Crippen molar-refractivity contribution >= 4 is 11.9 Å². The van der Waals surface area contributed by atoms with Gasteiger partial charge in [0.15, 0.2) is 0 Å². The Labute approximate surface area is 136 Å². The Bertz CT molecular complexity index is 669. The summed E-state index contributed by atoms with van der Waals surface area (Å²) in [5.41, 5.74) is 1.52. The van der Waals surface area contributed by atoms with Crippen molar-refractivity contribution in [2.45, 2.75) is 13.5 Å². The fourth-order valence-electron chi connectivity index (χ4n) is 1.94. The largest absolute Gasteiger partial charge is 0.497 e. The molecule has 0 fully saturated rings. The van der Waals surface area contributed by atoms with Crippen LogP contribution in [0.3, 0.4) is 0 Å². The average Bonchev–Trinajstić information content (AvgIpc) is 2.60. The molecule has 5 heteroatoms. The second-order valence-corrected chi connectivity index (χ2v) is 4.73. The molecule has 0 bridgehead atoms. The highest BCUT2D eigenvalue weighted by Crippen LogP contribution is 2.12. The predicted octanol–water partition coefficient (Wildman–Crippen LogP) is 3.02. The minimum absolute atomic E-state index is 0.212. The van der Waals surface area contributed by atoms with E-state index in [0.717, 1.165) is 5.56 Å². The lowest BCUT2D eigenvalue weighted by molar-refractivity contribution is 0.0966. The number of ether oxygens (including phenoxy) is 2. The number of rotatable bonds is 5. The molecule has 0 atom stereocenters. The van der Waals surface area contributed by atoms with Crippen LogP contribution < -0.4 is 10.1 Å². The van der Waals surface area contributed by atoms with Gasteiger partial charge in [0.25, 0.3) is 11.9 Å². The van der Waals surface area contributed by atoms with Crippen LogP contribution in [0.1, 0.15) is 22.8 Å². The van der Waals surface area contributed by atoms with Gasteiger partial charge < -0.3 is 9.47 Å². The summed E-state index contributed by atoms with van der Waals surface area (Å²) in [6.07, 6.45) is 0. The number of hydrogen-bond acceptors (Lipinski definition) is 4. The summed E-state index contributed by atoms with van der Waals surface area (Å²) in [4.78, 5) is 16.6. The third kappa shape index (κ3) is 5.14. The lowest BCUT2D eigenvalue weighted by Gasteiger charge is -2.10. The van der Waals surface area contributed by atoms with Gasteiger partial charge in [0.1, 0.15) is 5.75 Å². The highest BCUT2D eigenvalue weighted by Gasteiger charge is 2.10. The second-order valence-electron chi connectivity index (χ2n) is 4.73. The van der Waals surface area contributed by atoms with Gasteiger partial charge in [-0.05, 0) is 30.7 Å². The lowest BCUT2D eigenvalue weighted by Crippen LogP contribution is -2.32. The smallest absolute Gasteiger partial charge is 0.292 e. The maximum atomic E-state index is 12.3. The maximum Gasteiger partial charge on any atom is 0.292 e. The third-order valence-electron chi connectivity index (χ3n) is 3.08. The zero-order valence-corrected chi connectivity index (χ0v) is 13.3. The van der Waals surface area contributed by atoms with Crippen molar-refractivity contribution in [3.05, 3.63) is 65.7 Å². The molecule has 0 aliphatic heterocycles. The molecule has 0 aromatic heterocycles. The Morgan fingerprint density at radius 2 is 1.91 bits per heavy atom. The van der Waals surface area contributed by atoms with E-state index in [1.165, 1.54) is 0 Å². The second kappa shape index (κ2) is 8.58. The van der Waals surface area contributed by atoms with Crippen molar-refractivity contribution in [1.29, 1.82) is 0 Å². The Kier molecular flexibility index (Phi) is 6.17. The van der Waals surface area contributed by atoms with Crippen LogP contribution in [0.2, 0.25) is 0 Å². The van der Waals surface area contributed by atoms with Gasteiger partial charge in [-0.3, -0.25) is 10.1 Å². The molecule has 5 nitrogen and oxygen atoms in total. The lowest BCUT2D eigenvalue weighted by atomic mass is 10.2. The Morgan fingerprint density at radius 3 is 2.61 bits per heavy atom. The number of amidine groups is 1. The Hall–Kier alpha value is -2.82. The van der Waals surface area contributed by atoms with E-state index in [-0.39, 0.29) is 11.9 Å². The molecule has 0 saturated carbocycles. The van der Waals surface area contributed by atoms with Crippen molar-refractivity contribution in [2.75, 3.05) is 13.7 Å². The number of aliphatic imine (C=N–C) groups is 1. The third-order valence-corrected chi connectivity index (χ3v) is 3.08. The van der Waals surface area contributed by atoms with Crippen molar-refractivity contribution in [2.24, 2.45) is 4.99 Å². The molecule has 0 unspecified atom stereocenters. The van der Waals surface area contributed by atoms with E-state index in [1.807, 2.05) is 37.3 Å². The van der Waals surface area contributed by atoms with E-state index in [0.29, 0.717) is 24.5 Å². The first-order valence-electron chi connectivity index (χ1n) is 7.39. The number of nitrogens with one attached hydrogen (secondary N) is 1. The molecule has 0 radical (unpaired) electrons. The van der Waals surface area contributed by atoms with E-state index in [9.17, 15) is 4.79 Å². The molecule has 0 aliphatic carbocycles. The van der Waals surface area contributed by atoms with Gasteiger partial charge in [-0.1, -0.05) is 36.4 Å². The van der Waals surface area contributed by atoms with E-state index >= 15 is 0 Å². The van der Waals surface area contributed by atoms with Crippen molar-refractivity contribution in [3.63, 3.8) is 0 Å². The van der Waals surface area contributed by atoms with Crippen LogP contribution in [0.5, 0.6) is 5.75 Å². The number of benzene rings is 2. The molecule has 1 N–H and O–H groups in total. The minimum Gasteiger partial charge on any atom is -0.497 e. The summed E-state index contributed by atoms with van der Waals surface area (Å²) in [6.45, 7) is 2.70. The summed E-state index contributed by atoms with van der Waals surface area (Å²) in [6, 6.07) is 16.9. The van der Waals surface area contributed by atoms with Gasteiger partial charge in [0.2, 0.25) is 0 Å². The molecule has 0 heterocycles. The first kappa shape index (κ1) is 16.5. The van der Waals surface area contributed by atoms with Gasteiger partial charge in [-0.2, -0.15) is 0 Å². The minimum atomic E-state index is -0.288. The Balaban J connectivity index is 2.07. The summed E-state index contributed by atoms with van der Waals surface area (Å²) in [7, 11) is 1.56. The van der Waals surface area contributed by atoms with Gasteiger partial charge in [0.05, 0.1) is 20.3 Å². The summed E-state index contributed by atoms with van der Waals surface area (Å²) >= 11 is 0. The standard InChI is InChI=1S/C18H20N2O3/c1-3-23-18(19-13-14-8-5-4-6-9-14)20-17(21)15-10-7-11-16(12-15)22-2/h4-12H,3,13H2,1-2H3,(H,19,20,21). The van der Waals surface area contributed by atoms with E-state index in [2.05, 4.69) is 10.3 Å². The molecule has 23 heavy (non-hydrogen) atoms. The summed E-state index contributed by atoms with van der Waals surface area (Å²) in [5.74, 6) is 0.334. The number of methoxy groups -OCH3 is 1. The first-order chi connectivity index (χ1) is 11.2. The summed E-state index contributed by atoms with van der Waals surface area (Å²) in [5, 5.41) is 2.69. The van der Waals surface area contributed by atoms with Crippen LogP contribution in [0.4, 0.5) is 0 Å². The topological polar surface area (TPSA) is 59.9 Å². The SMILES string of the molecule is CCOC(=NCc1ccccc1)NC(=O)c1cccc(OC)c1. The quantitative estimate of drug-likeness (QED) is 0.682. The normalized spacial score (nSPS) is 11.0.